The molecule has 0 saturated heterocycles. The first-order chi connectivity index (χ1) is 10.2. The number of aliphatic imine (C=N–C) groups is 1. The van der Waals surface area contributed by atoms with Gasteiger partial charge in [-0.05, 0) is 37.5 Å². The van der Waals surface area contributed by atoms with Gasteiger partial charge in [0.15, 0.2) is 5.96 Å². The second-order valence-corrected chi connectivity index (χ2v) is 5.34. The highest BCUT2D eigenvalue weighted by Crippen LogP contribution is 2.47. The molecule has 0 heterocycles. The van der Waals surface area contributed by atoms with Gasteiger partial charge in [0.1, 0.15) is 5.82 Å². The van der Waals surface area contributed by atoms with Crippen molar-refractivity contribution in [2.45, 2.75) is 25.2 Å². The summed E-state index contributed by atoms with van der Waals surface area (Å²) in [6.45, 7) is 4.84. The second kappa shape index (κ2) is 9.29. The van der Waals surface area contributed by atoms with Crippen LogP contribution >= 0.6 is 24.0 Å². The molecule has 0 atom stereocenters. The van der Waals surface area contributed by atoms with Crippen LogP contribution in [0.2, 0.25) is 0 Å². The van der Waals surface area contributed by atoms with Crippen molar-refractivity contribution in [2.24, 2.45) is 4.99 Å². The predicted octanol–water partition coefficient (Wildman–Crippen LogP) is 2.68. The SMILES string of the molecule is CCOCCNC(=NC)NCC1(c2cccc(F)c2)CC1.I. The maximum atomic E-state index is 13.4. The van der Waals surface area contributed by atoms with Gasteiger partial charge in [-0.15, -0.1) is 24.0 Å². The minimum absolute atomic E-state index is 0. The number of hydrogen-bond donors (Lipinski definition) is 2. The van der Waals surface area contributed by atoms with Crippen molar-refractivity contribution in [3.8, 4) is 0 Å². The number of ether oxygens (including phenoxy) is 1. The van der Waals surface area contributed by atoms with E-state index in [1.807, 2.05) is 13.0 Å². The van der Waals surface area contributed by atoms with Crippen LogP contribution < -0.4 is 10.6 Å². The molecule has 0 spiro atoms. The van der Waals surface area contributed by atoms with Gasteiger partial charge in [-0.3, -0.25) is 4.99 Å². The molecule has 1 saturated carbocycles. The molecule has 6 heteroatoms. The molecule has 0 unspecified atom stereocenters. The molecule has 2 N–H and O–H groups in total. The molecule has 0 amide bonds. The summed E-state index contributed by atoms with van der Waals surface area (Å²) >= 11 is 0. The van der Waals surface area contributed by atoms with E-state index in [4.69, 9.17) is 4.74 Å². The van der Waals surface area contributed by atoms with Crippen LogP contribution in [0, 0.1) is 5.82 Å². The fourth-order valence-corrected chi connectivity index (χ4v) is 2.40. The van der Waals surface area contributed by atoms with Gasteiger partial charge in [0.2, 0.25) is 0 Å². The van der Waals surface area contributed by atoms with E-state index in [0.29, 0.717) is 6.61 Å². The molecule has 4 nitrogen and oxygen atoms in total. The molecule has 2 rings (SSSR count). The lowest BCUT2D eigenvalue weighted by atomic mass is 9.96. The van der Waals surface area contributed by atoms with E-state index in [1.54, 1.807) is 19.2 Å². The van der Waals surface area contributed by atoms with Crippen LogP contribution in [0.1, 0.15) is 25.3 Å². The molecular formula is C16H25FIN3O. The van der Waals surface area contributed by atoms with E-state index >= 15 is 0 Å². The Morgan fingerprint density at radius 3 is 2.73 bits per heavy atom. The number of hydrogen-bond acceptors (Lipinski definition) is 2. The lowest BCUT2D eigenvalue weighted by Crippen LogP contribution is -2.42. The van der Waals surface area contributed by atoms with Crippen LogP contribution in [-0.2, 0) is 10.2 Å². The zero-order valence-electron chi connectivity index (χ0n) is 13.2. The normalized spacial score (nSPS) is 15.9. The number of nitrogens with zero attached hydrogens (tertiary/aromatic N) is 1. The van der Waals surface area contributed by atoms with Crippen LogP contribution in [0.4, 0.5) is 4.39 Å². The van der Waals surface area contributed by atoms with E-state index in [2.05, 4.69) is 15.6 Å². The summed E-state index contributed by atoms with van der Waals surface area (Å²) in [5, 5.41) is 6.54. The van der Waals surface area contributed by atoms with Crippen LogP contribution in [-0.4, -0.2) is 39.3 Å². The molecule has 0 radical (unpaired) electrons. The summed E-state index contributed by atoms with van der Waals surface area (Å²) in [7, 11) is 1.75. The largest absolute Gasteiger partial charge is 0.380 e. The summed E-state index contributed by atoms with van der Waals surface area (Å²) in [4.78, 5) is 4.19. The Morgan fingerprint density at radius 1 is 1.36 bits per heavy atom. The first kappa shape index (κ1) is 19.2. The lowest BCUT2D eigenvalue weighted by molar-refractivity contribution is 0.152. The van der Waals surface area contributed by atoms with Crippen molar-refractivity contribution >= 4 is 29.9 Å². The third kappa shape index (κ3) is 5.39. The molecule has 1 fully saturated rings. The Kier molecular flexibility index (Phi) is 8.09. The Bertz CT molecular complexity index is 492. The Hall–Kier alpha value is -0.890. The summed E-state index contributed by atoms with van der Waals surface area (Å²) in [5.41, 5.74) is 1.12. The zero-order valence-corrected chi connectivity index (χ0v) is 15.5. The molecule has 0 bridgehead atoms. The van der Waals surface area contributed by atoms with E-state index in [1.165, 1.54) is 6.07 Å². The highest BCUT2D eigenvalue weighted by molar-refractivity contribution is 14.0. The fraction of sp³-hybridized carbons (Fsp3) is 0.562. The predicted molar refractivity (Wildman–Crippen MR) is 98.6 cm³/mol. The van der Waals surface area contributed by atoms with Crippen molar-refractivity contribution in [1.29, 1.82) is 0 Å². The van der Waals surface area contributed by atoms with Gasteiger partial charge in [-0.2, -0.15) is 0 Å². The highest BCUT2D eigenvalue weighted by atomic mass is 127. The standard InChI is InChI=1S/C16H24FN3O.HI/c1-3-21-10-9-19-15(18-2)20-12-16(7-8-16)13-5-4-6-14(17)11-13;/h4-6,11H,3,7-10,12H2,1-2H3,(H2,18,19,20);1H. The van der Waals surface area contributed by atoms with Gasteiger partial charge in [0, 0.05) is 32.2 Å². The number of halogens is 2. The van der Waals surface area contributed by atoms with Crippen molar-refractivity contribution in [3.05, 3.63) is 35.6 Å². The van der Waals surface area contributed by atoms with Gasteiger partial charge in [-0.25, -0.2) is 4.39 Å². The lowest BCUT2D eigenvalue weighted by Gasteiger charge is -2.19. The van der Waals surface area contributed by atoms with E-state index < -0.39 is 0 Å². The quantitative estimate of drug-likeness (QED) is 0.308. The van der Waals surface area contributed by atoms with Gasteiger partial charge in [0.25, 0.3) is 0 Å². The molecule has 1 aromatic carbocycles. The van der Waals surface area contributed by atoms with E-state index in [-0.39, 0.29) is 35.2 Å². The minimum atomic E-state index is -0.169. The van der Waals surface area contributed by atoms with Gasteiger partial charge in [-0.1, -0.05) is 12.1 Å². The first-order valence-corrected chi connectivity index (χ1v) is 7.48. The fourth-order valence-electron chi connectivity index (χ4n) is 2.40. The first-order valence-electron chi connectivity index (χ1n) is 7.48. The summed E-state index contributed by atoms with van der Waals surface area (Å²) in [5.74, 6) is 0.593. The van der Waals surface area contributed by atoms with Gasteiger partial charge in [0.05, 0.1) is 6.61 Å². The Morgan fingerprint density at radius 2 is 2.14 bits per heavy atom. The molecule has 22 heavy (non-hydrogen) atoms. The minimum Gasteiger partial charge on any atom is -0.380 e. The van der Waals surface area contributed by atoms with Crippen LogP contribution in [0.3, 0.4) is 0 Å². The average Bonchev–Trinajstić information content (AvgIpc) is 3.28. The number of rotatable bonds is 7. The number of guanidine groups is 1. The smallest absolute Gasteiger partial charge is 0.191 e. The summed E-state index contributed by atoms with van der Waals surface area (Å²) in [6.07, 6.45) is 2.17. The molecule has 0 aromatic heterocycles. The average molecular weight is 421 g/mol. The van der Waals surface area contributed by atoms with Crippen LogP contribution in [0.15, 0.2) is 29.3 Å². The third-order valence-electron chi connectivity index (χ3n) is 3.85. The maximum absolute atomic E-state index is 13.4. The van der Waals surface area contributed by atoms with E-state index in [9.17, 15) is 4.39 Å². The Balaban J connectivity index is 0.00000242. The zero-order chi connectivity index (χ0) is 15.1. The maximum Gasteiger partial charge on any atom is 0.191 e. The van der Waals surface area contributed by atoms with Crippen molar-refractivity contribution in [2.75, 3.05) is 33.4 Å². The molecular weight excluding hydrogens is 396 g/mol. The number of nitrogens with one attached hydrogen (secondary N) is 2. The van der Waals surface area contributed by atoms with E-state index in [0.717, 1.165) is 44.1 Å². The van der Waals surface area contributed by atoms with Gasteiger partial charge < -0.3 is 15.4 Å². The molecule has 1 aliphatic carbocycles. The third-order valence-corrected chi connectivity index (χ3v) is 3.85. The molecule has 0 aliphatic heterocycles. The molecule has 124 valence electrons. The Labute approximate surface area is 148 Å². The molecule has 1 aromatic rings. The second-order valence-electron chi connectivity index (χ2n) is 5.34. The van der Waals surface area contributed by atoms with Crippen molar-refractivity contribution in [3.63, 3.8) is 0 Å². The highest BCUT2D eigenvalue weighted by Gasteiger charge is 2.44. The number of benzene rings is 1. The molecule has 1 aliphatic rings. The monoisotopic (exact) mass is 421 g/mol. The van der Waals surface area contributed by atoms with Gasteiger partial charge >= 0.3 is 0 Å². The van der Waals surface area contributed by atoms with Crippen molar-refractivity contribution in [1.82, 2.24) is 10.6 Å². The topological polar surface area (TPSA) is 45.6 Å². The van der Waals surface area contributed by atoms with Crippen LogP contribution in [0.5, 0.6) is 0 Å². The van der Waals surface area contributed by atoms with Crippen molar-refractivity contribution < 1.29 is 9.13 Å². The summed E-state index contributed by atoms with van der Waals surface area (Å²) in [6, 6.07) is 6.91. The van der Waals surface area contributed by atoms with Crippen LogP contribution in [0.25, 0.3) is 0 Å². The summed E-state index contributed by atoms with van der Waals surface area (Å²) < 4.78 is 18.6.